The first-order valence-corrected chi connectivity index (χ1v) is 7.72. The number of hydrogen-bond acceptors (Lipinski definition) is 5. The number of benzene rings is 1. The van der Waals surface area contributed by atoms with Gasteiger partial charge in [0.1, 0.15) is 0 Å². The number of carbonyl (C=O) groups is 2. The third kappa shape index (κ3) is 3.34. The summed E-state index contributed by atoms with van der Waals surface area (Å²) in [5.74, 6) is -0.0282. The molecule has 1 saturated heterocycles. The molecule has 1 unspecified atom stereocenters. The van der Waals surface area contributed by atoms with E-state index in [1.165, 1.54) is 0 Å². The van der Waals surface area contributed by atoms with Crippen LogP contribution in [0.15, 0.2) is 23.3 Å². The zero-order valence-electron chi connectivity index (χ0n) is 13.0. The number of hydrazone groups is 1. The molecule has 23 heavy (non-hydrogen) atoms. The molecule has 1 aromatic rings. The Kier molecular flexibility index (Phi) is 4.57. The van der Waals surface area contributed by atoms with Crippen molar-refractivity contribution >= 4 is 29.4 Å². The van der Waals surface area contributed by atoms with E-state index in [-0.39, 0.29) is 11.8 Å². The summed E-state index contributed by atoms with van der Waals surface area (Å²) in [6, 6.07) is 5.87. The fourth-order valence-electron chi connectivity index (χ4n) is 2.96. The number of ether oxygens (including phenoxy) is 1. The van der Waals surface area contributed by atoms with Crippen LogP contribution in [0.3, 0.4) is 0 Å². The number of morpholine rings is 1. The maximum Gasteiger partial charge on any atom is 0.240 e. The topological polar surface area (TPSA) is 83.0 Å². The molecule has 2 amide bonds. The van der Waals surface area contributed by atoms with E-state index < -0.39 is 0 Å². The van der Waals surface area contributed by atoms with Gasteiger partial charge in [0.05, 0.1) is 30.3 Å². The van der Waals surface area contributed by atoms with Crippen LogP contribution in [0.25, 0.3) is 0 Å². The van der Waals surface area contributed by atoms with Crippen LogP contribution in [-0.4, -0.2) is 44.3 Å². The van der Waals surface area contributed by atoms with Gasteiger partial charge in [-0.3, -0.25) is 9.59 Å². The zero-order chi connectivity index (χ0) is 16.2. The summed E-state index contributed by atoms with van der Waals surface area (Å²) < 4.78 is 5.37. The predicted octanol–water partition coefficient (Wildman–Crippen LogP) is 0.952. The van der Waals surface area contributed by atoms with Crippen LogP contribution in [0.5, 0.6) is 0 Å². The minimum Gasteiger partial charge on any atom is -0.378 e. The second kappa shape index (κ2) is 6.78. The Hall–Kier alpha value is -2.41. The van der Waals surface area contributed by atoms with Crippen LogP contribution in [0, 0.1) is 5.92 Å². The molecule has 2 aliphatic rings. The fraction of sp³-hybridized carbons (Fsp3) is 0.438. The summed E-state index contributed by atoms with van der Waals surface area (Å²) in [6.07, 6.45) is 1.09. The Morgan fingerprint density at radius 1 is 1.39 bits per heavy atom. The van der Waals surface area contributed by atoms with Crippen molar-refractivity contribution in [1.29, 1.82) is 0 Å². The smallest absolute Gasteiger partial charge is 0.240 e. The van der Waals surface area contributed by atoms with Crippen LogP contribution in [0.2, 0.25) is 0 Å². The van der Waals surface area contributed by atoms with Crippen LogP contribution < -0.4 is 15.6 Å². The van der Waals surface area contributed by atoms with Gasteiger partial charge in [0.25, 0.3) is 0 Å². The molecule has 0 bridgehead atoms. The van der Waals surface area contributed by atoms with E-state index in [9.17, 15) is 9.59 Å². The number of amides is 2. The third-order valence-corrected chi connectivity index (χ3v) is 4.12. The van der Waals surface area contributed by atoms with Gasteiger partial charge in [0, 0.05) is 31.0 Å². The van der Waals surface area contributed by atoms with Gasteiger partial charge >= 0.3 is 0 Å². The quantitative estimate of drug-likeness (QED) is 0.810. The highest BCUT2D eigenvalue weighted by Gasteiger charge is 2.23. The van der Waals surface area contributed by atoms with Gasteiger partial charge < -0.3 is 15.0 Å². The number of nitrogens with zero attached hydrogens (tertiary/aromatic N) is 2. The summed E-state index contributed by atoms with van der Waals surface area (Å²) in [4.78, 5) is 24.5. The summed E-state index contributed by atoms with van der Waals surface area (Å²) in [5.41, 5.74) is 5.96. The molecule has 7 nitrogen and oxygen atoms in total. The highest BCUT2D eigenvalue weighted by Crippen LogP contribution is 2.29. The van der Waals surface area contributed by atoms with Crippen molar-refractivity contribution in [2.24, 2.45) is 11.0 Å². The van der Waals surface area contributed by atoms with Gasteiger partial charge in [-0.05, 0) is 12.1 Å². The van der Waals surface area contributed by atoms with E-state index in [0.29, 0.717) is 26.0 Å². The Labute approximate surface area is 134 Å². The number of hydrogen-bond donors (Lipinski definition) is 2. The highest BCUT2D eigenvalue weighted by atomic mass is 16.5. The minimum absolute atomic E-state index is 0.0436. The average molecular weight is 316 g/mol. The molecule has 2 aliphatic heterocycles. The molecule has 0 radical (unpaired) electrons. The molecule has 0 spiro atoms. The standard InChI is InChI=1S/C16H20N4O3/c1-11-8-15(22)18-19-16(11)12-2-3-14(13(9-12)17-10-21)20-4-6-23-7-5-20/h2-3,9-11H,4-8H2,1H3,(H,17,21)(H,18,22). The maximum absolute atomic E-state index is 11.4. The lowest BCUT2D eigenvalue weighted by Gasteiger charge is -2.30. The lowest BCUT2D eigenvalue weighted by Crippen LogP contribution is -2.36. The summed E-state index contributed by atoms with van der Waals surface area (Å²) in [6.45, 7) is 4.91. The molecular weight excluding hydrogens is 296 g/mol. The lowest BCUT2D eigenvalue weighted by molar-refractivity contribution is -0.121. The van der Waals surface area contributed by atoms with Gasteiger partial charge in [0.15, 0.2) is 0 Å². The summed E-state index contributed by atoms with van der Waals surface area (Å²) >= 11 is 0. The first-order chi connectivity index (χ1) is 11.2. The van der Waals surface area contributed by atoms with Crippen molar-refractivity contribution in [3.05, 3.63) is 23.8 Å². The van der Waals surface area contributed by atoms with Gasteiger partial charge in [0.2, 0.25) is 12.3 Å². The molecule has 0 aliphatic carbocycles. The van der Waals surface area contributed by atoms with E-state index in [1.807, 2.05) is 25.1 Å². The van der Waals surface area contributed by atoms with Crippen molar-refractivity contribution in [3.63, 3.8) is 0 Å². The molecule has 1 fully saturated rings. The average Bonchev–Trinajstić information content (AvgIpc) is 2.56. The van der Waals surface area contributed by atoms with E-state index in [4.69, 9.17) is 4.74 Å². The molecule has 0 saturated carbocycles. The van der Waals surface area contributed by atoms with Gasteiger partial charge in [-0.15, -0.1) is 0 Å². The first kappa shape index (κ1) is 15.5. The maximum atomic E-state index is 11.4. The third-order valence-electron chi connectivity index (χ3n) is 4.12. The minimum atomic E-state index is -0.0718. The van der Waals surface area contributed by atoms with Crippen molar-refractivity contribution in [3.8, 4) is 0 Å². The predicted molar refractivity (Wildman–Crippen MR) is 87.6 cm³/mol. The number of anilines is 2. The van der Waals surface area contributed by atoms with E-state index in [2.05, 4.69) is 20.7 Å². The molecule has 122 valence electrons. The SMILES string of the molecule is CC1CC(=O)NN=C1c1ccc(N2CCOCC2)c(NC=O)c1. The molecule has 1 aromatic carbocycles. The molecule has 2 N–H and O–H groups in total. The van der Waals surface area contributed by atoms with Crippen molar-refractivity contribution < 1.29 is 14.3 Å². The summed E-state index contributed by atoms with van der Waals surface area (Å²) in [5, 5.41) is 6.94. The van der Waals surface area contributed by atoms with Crippen molar-refractivity contribution in [2.75, 3.05) is 36.5 Å². The van der Waals surface area contributed by atoms with Gasteiger partial charge in [-0.25, -0.2) is 5.43 Å². The summed E-state index contributed by atoms with van der Waals surface area (Å²) in [7, 11) is 0. The fourth-order valence-corrected chi connectivity index (χ4v) is 2.96. The number of nitrogens with one attached hydrogen (secondary N) is 2. The van der Waals surface area contributed by atoms with Crippen molar-refractivity contribution in [2.45, 2.75) is 13.3 Å². The van der Waals surface area contributed by atoms with E-state index in [1.54, 1.807) is 0 Å². The normalized spacial score (nSPS) is 21.4. The second-order valence-corrected chi connectivity index (χ2v) is 5.73. The second-order valence-electron chi connectivity index (χ2n) is 5.73. The Balaban J connectivity index is 1.92. The first-order valence-electron chi connectivity index (χ1n) is 7.72. The van der Waals surface area contributed by atoms with E-state index >= 15 is 0 Å². The Bertz CT molecular complexity index is 638. The monoisotopic (exact) mass is 316 g/mol. The van der Waals surface area contributed by atoms with Crippen LogP contribution in [0.1, 0.15) is 18.9 Å². The van der Waals surface area contributed by atoms with Gasteiger partial charge in [-0.2, -0.15) is 5.10 Å². The number of rotatable bonds is 4. The van der Waals surface area contributed by atoms with Crippen LogP contribution in [-0.2, 0) is 14.3 Å². The number of carbonyl (C=O) groups excluding carboxylic acids is 2. The van der Waals surface area contributed by atoms with Crippen LogP contribution >= 0.6 is 0 Å². The molecule has 0 aromatic heterocycles. The van der Waals surface area contributed by atoms with Gasteiger partial charge in [-0.1, -0.05) is 13.0 Å². The molecule has 1 atom stereocenters. The Morgan fingerprint density at radius 3 is 2.87 bits per heavy atom. The molecule has 7 heteroatoms. The van der Waals surface area contributed by atoms with E-state index in [0.717, 1.165) is 35.7 Å². The molecule has 3 rings (SSSR count). The lowest BCUT2D eigenvalue weighted by atomic mass is 9.93. The zero-order valence-corrected chi connectivity index (χ0v) is 13.0. The molecule has 2 heterocycles. The van der Waals surface area contributed by atoms with Crippen molar-refractivity contribution in [1.82, 2.24) is 5.43 Å². The highest BCUT2D eigenvalue weighted by molar-refractivity contribution is 6.07. The Morgan fingerprint density at radius 2 is 2.17 bits per heavy atom. The largest absolute Gasteiger partial charge is 0.378 e. The van der Waals surface area contributed by atoms with Crippen LogP contribution in [0.4, 0.5) is 11.4 Å². The molecular formula is C16H20N4O3.